The number of carboxylic acids is 1. The number of urea groups is 1. The number of nitrogens with one attached hydrogen (secondary N) is 4. The molecule has 0 radical (unpaired) electrons. The van der Waals surface area contributed by atoms with E-state index in [9.17, 15) is 65.8 Å². The number of carbonyl (C=O) groups is 10. The summed E-state index contributed by atoms with van der Waals surface area (Å²) in [6.45, 7) is 8.31. The van der Waals surface area contributed by atoms with Crippen molar-refractivity contribution < 1.29 is 80.1 Å². The van der Waals surface area contributed by atoms with Gasteiger partial charge in [0.05, 0.1) is 23.8 Å². The van der Waals surface area contributed by atoms with Crippen LogP contribution in [-0.2, 0) is 56.1 Å². The molecule has 10 N–H and O–H groups in total. The molecule has 0 aliphatic carbocycles. The van der Waals surface area contributed by atoms with Gasteiger partial charge in [-0.15, -0.1) is 0 Å². The van der Waals surface area contributed by atoms with Gasteiger partial charge in [0.2, 0.25) is 23.6 Å². The number of aromatic nitrogens is 2. The molecular weight excluding hydrogens is 1140 g/mol. The number of imide groups is 1. The van der Waals surface area contributed by atoms with Crippen molar-refractivity contribution in [2.75, 3.05) is 38.1 Å². The number of anilines is 1. The number of Topliss-reactive ketones (excluding diaryl/α,β-unsaturated/α-hetero) is 2. The number of aliphatic carboxylic acids is 1. The van der Waals surface area contributed by atoms with Crippen LogP contribution in [0.4, 0.5) is 32.4 Å². The molecule has 4 atom stereocenters. The van der Waals surface area contributed by atoms with Crippen molar-refractivity contribution in [2.24, 2.45) is 28.7 Å². The SMILES string of the molecule is CC(C)[C@H](NC(=O)CCNC(=O)[C@@H](N)CCN(C(=O)CO)[C@@H](c1nc(-c2cc(F)ccc2F)cn1Cc1ccccc1)C(C)(C)C)C(=O)C[C@@H](CCCNC(N)=O)C(=O)Nc1ccc(CC(=O)CCCN2C(=O)C=CC2=O)cc1.O=C(O)C(F)(F)F. The number of nitrogens with zero attached hydrogens (tertiary/aromatic N) is 4. The Kier molecular flexibility index (Phi) is 26.4. The first kappa shape index (κ1) is 69.8. The third-order valence-corrected chi connectivity index (χ3v) is 13.5. The molecule has 0 spiro atoms. The highest BCUT2D eigenvalue weighted by Crippen LogP contribution is 2.40. The van der Waals surface area contributed by atoms with Gasteiger partial charge < -0.3 is 52.4 Å². The normalized spacial score (nSPS) is 13.7. The fourth-order valence-electron chi connectivity index (χ4n) is 9.17. The molecular formula is C59H73F5N10O12. The van der Waals surface area contributed by atoms with Crippen molar-refractivity contribution in [3.05, 3.63) is 120 Å². The van der Waals surface area contributed by atoms with E-state index in [1.807, 2.05) is 51.1 Å². The second kappa shape index (κ2) is 32.5. The van der Waals surface area contributed by atoms with Gasteiger partial charge in [0.15, 0.2) is 5.78 Å². The summed E-state index contributed by atoms with van der Waals surface area (Å²) < 4.78 is 63.1. The first-order chi connectivity index (χ1) is 40.4. The molecule has 0 bridgehead atoms. The molecule has 4 aromatic rings. The predicted molar refractivity (Wildman–Crippen MR) is 304 cm³/mol. The van der Waals surface area contributed by atoms with Crippen LogP contribution in [0, 0.1) is 28.9 Å². The van der Waals surface area contributed by atoms with Crippen molar-refractivity contribution in [1.82, 2.24) is 35.3 Å². The first-order valence-electron chi connectivity index (χ1n) is 27.5. The molecule has 27 heteroatoms. The van der Waals surface area contributed by atoms with Crippen molar-refractivity contribution in [1.29, 1.82) is 0 Å². The van der Waals surface area contributed by atoms with Gasteiger partial charge in [-0.1, -0.05) is 77.1 Å². The van der Waals surface area contributed by atoms with E-state index >= 15 is 4.39 Å². The number of aliphatic hydroxyl groups is 1. The molecule has 1 aliphatic rings. The molecule has 0 saturated heterocycles. The van der Waals surface area contributed by atoms with Crippen molar-refractivity contribution in [3.63, 3.8) is 0 Å². The average Bonchev–Trinajstić information content (AvgIpc) is 1.77. The number of carbonyl (C=O) groups excluding carboxylic acids is 9. The van der Waals surface area contributed by atoms with Crippen LogP contribution >= 0.6 is 0 Å². The van der Waals surface area contributed by atoms with Crippen LogP contribution in [-0.4, -0.2) is 140 Å². The summed E-state index contributed by atoms with van der Waals surface area (Å²) in [4.78, 5) is 132. The molecule has 5 rings (SSSR count). The lowest BCUT2D eigenvalue weighted by atomic mass is 9.84. The van der Waals surface area contributed by atoms with Gasteiger partial charge in [0, 0.05) is 93.9 Å². The highest BCUT2D eigenvalue weighted by atomic mass is 19.4. The van der Waals surface area contributed by atoms with E-state index in [1.165, 1.54) is 17.1 Å². The van der Waals surface area contributed by atoms with Crippen LogP contribution in [0.3, 0.4) is 0 Å². The molecule has 22 nitrogen and oxygen atoms in total. The smallest absolute Gasteiger partial charge is 0.475 e. The second-order valence-electron chi connectivity index (χ2n) is 21.7. The van der Waals surface area contributed by atoms with Gasteiger partial charge >= 0.3 is 18.2 Å². The Hall–Kier alpha value is -8.72. The van der Waals surface area contributed by atoms with Gasteiger partial charge in [-0.05, 0) is 78.5 Å². The van der Waals surface area contributed by atoms with Crippen LogP contribution in [0.5, 0.6) is 0 Å². The van der Waals surface area contributed by atoms with Crippen LogP contribution in [0.25, 0.3) is 11.3 Å². The molecule has 0 fully saturated rings. The summed E-state index contributed by atoms with van der Waals surface area (Å²) >= 11 is 0. The summed E-state index contributed by atoms with van der Waals surface area (Å²) in [5, 5.41) is 28.0. The Morgan fingerprint density at radius 1 is 0.802 bits per heavy atom. The third kappa shape index (κ3) is 22.0. The minimum atomic E-state index is -5.08. The highest BCUT2D eigenvalue weighted by molar-refractivity contribution is 6.12. The quantitative estimate of drug-likeness (QED) is 0.0188. The Morgan fingerprint density at radius 3 is 2.02 bits per heavy atom. The number of alkyl halides is 3. The number of nitrogens with two attached hydrogens (primary N) is 2. The fourth-order valence-corrected chi connectivity index (χ4v) is 9.17. The number of ketones is 2. The molecule has 86 heavy (non-hydrogen) atoms. The summed E-state index contributed by atoms with van der Waals surface area (Å²) in [6.07, 6.45) is -0.739. The highest BCUT2D eigenvalue weighted by Gasteiger charge is 2.40. The van der Waals surface area contributed by atoms with Gasteiger partial charge in [0.1, 0.15) is 29.8 Å². The number of imidazole rings is 1. The van der Waals surface area contributed by atoms with Gasteiger partial charge in [-0.3, -0.25) is 43.3 Å². The molecule has 1 aromatic heterocycles. The standard InChI is InChI=1S/C57H72F2N10O10.C2HF3O2/c1-35(2)51(46(72)30-38(13-9-25-63-56(61)79)54(77)64-40-18-15-36(16-19-40)29-41(71)14-10-27-68-48(74)21-22-49(68)75)66-47(73)23-26-62-55(78)44(60)24-28-69(50(76)34-70)52(57(3,4)5)53-65-45(42-31-39(58)17-20-43(42)59)33-67(53)32-37-11-7-6-8-12-37;3-2(4,5)1(6)7/h6-8,11-12,15-22,31,33,35,38,44,51-52,70H,9-10,13-14,23-30,32,34,60H2,1-5H3,(H,62,78)(H,64,77)(H,66,73)(H3,61,63,79);(H,6,7)/t38-,44+,51+,52+;/m1./s1. The number of halogens is 5. The number of hydrogen-bond donors (Lipinski definition) is 8. The summed E-state index contributed by atoms with van der Waals surface area (Å²) in [7, 11) is 0. The van der Waals surface area contributed by atoms with Gasteiger partial charge in [-0.2, -0.15) is 13.2 Å². The zero-order valence-corrected chi connectivity index (χ0v) is 48.3. The predicted octanol–water partition coefficient (Wildman–Crippen LogP) is 5.26. The second-order valence-corrected chi connectivity index (χ2v) is 21.7. The van der Waals surface area contributed by atoms with E-state index in [1.54, 1.807) is 48.9 Å². The average molecular weight is 1210 g/mol. The Bertz CT molecular complexity index is 3060. The number of aliphatic hydroxyl groups excluding tert-OH is 1. The Balaban J connectivity index is 0.00000212. The maximum atomic E-state index is 15.2. The first-order valence-corrected chi connectivity index (χ1v) is 27.5. The van der Waals surface area contributed by atoms with E-state index in [4.69, 9.17) is 26.4 Å². The van der Waals surface area contributed by atoms with Gasteiger partial charge in [-0.25, -0.2) is 23.4 Å². The zero-order chi connectivity index (χ0) is 64.1. The minimum absolute atomic E-state index is 0.0904. The summed E-state index contributed by atoms with van der Waals surface area (Å²) in [6, 6.07) is 15.1. The van der Waals surface area contributed by atoms with Crippen molar-refractivity contribution in [3.8, 4) is 11.3 Å². The number of amides is 8. The lowest BCUT2D eigenvalue weighted by Gasteiger charge is -2.40. The molecule has 1 aliphatic heterocycles. The van der Waals surface area contributed by atoms with Crippen molar-refractivity contribution >= 4 is 64.7 Å². The molecule has 8 amide bonds. The zero-order valence-electron chi connectivity index (χ0n) is 48.3. The number of carboxylic acid groups (broad SMARTS) is 1. The fraction of sp³-hybridized carbons (Fsp3) is 0.441. The maximum absolute atomic E-state index is 15.2. The van der Waals surface area contributed by atoms with E-state index in [0.717, 1.165) is 28.7 Å². The summed E-state index contributed by atoms with van der Waals surface area (Å²) in [5.41, 5.74) is 12.8. The Morgan fingerprint density at radius 2 is 1.44 bits per heavy atom. The van der Waals surface area contributed by atoms with E-state index in [2.05, 4.69) is 21.3 Å². The number of hydrogen-bond acceptors (Lipinski definition) is 13. The van der Waals surface area contributed by atoms with Gasteiger partial charge in [0.25, 0.3) is 11.8 Å². The molecule has 0 saturated carbocycles. The van der Waals surface area contributed by atoms with Crippen LogP contribution in [0.2, 0.25) is 0 Å². The van der Waals surface area contributed by atoms with Crippen LogP contribution in [0.15, 0.2) is 91.1 Å². The Labute approximate surface area is 493 Å². The lowest BCUT2D eigenvalue weighted by Crippen LogP contribution is -2.48. The number of rotatable bonds is 30. The van der Waals surface area contributed by atoms with Crippen LogP contribution < -0.4 is 32.7 Å². The van der Waals surface area contributed by atoms with E-state index in [0.29, 0.717) is 29.9 Å². The molecule has 2 heterocycles. The van der Waals surface area contributed by atoms with E-state index < -0.39 is 113 Å². The number of primary amides is 1. The topological polar surface area (TPSA) is 336 Å². The number of benzene rings is 3. The largest absolute Gasteiger partial charge is 0.490 e. The van der Waals surface area contributed by atoms with E-state index in [-0.39, 0.29) is 88.3 Å². The molecule has 0 unspecified atom stereocenters. The molecule has 3 aromatic carbocycles. The maximum Gasteiger partial charge on any atom is 0.490 e. The third-order valence-electron chi connectivity index (χ3n) is 13.5. The van der Waals surface area contributed by atoms with Crippen molar-refractivity contribution in [2.45, 2.75) is 117 Å². The van der Waals surface area contributed by atoms with Crippen LogP contribution in [0.1, 0.15) is 103 Å². The molecule has 466 valence electrons. The summed E-state index contributed by atoms with van der Waals surface area (Å²) in [5.74, 6) is -8.91. The lowest BCUT2D eigenvalue weighted by molar-refractivity contribution is -0.192. The minimum Gasteiger partial charge on any atom is -0.475 e. The monoisotopic (exact) mass is 1210 g/mol.